The molecule has 82 valence electrons. The number of hydrogen-bond acceptors (Lipinski definition) is 2. The monoisotopic (exact) mass is 200 g/mol. The summed E-state index contributed by atoms with van der Waals surface area (Å²) in [5.41, 5.74) is 0.633. The highest BCUT2D eigenvalue weighted by molar-refractivity contribution is 5.67. The molecule has 0 saturated carbocycles. The standard InChI is InChI=1S/C11H20O3/c1-5-8(6-2)11(3,4)9(12)7-10(13)14/h5,9,12H,6-7H2,1-4H3,(H,13,14)/b8-5+/t9-/m0/s1. The molecule has 0 aromatic rings. The van der Waals surface area contributed by atoms with Crippen LogP contribution in [0.1, 0.15) is 40.5 Å². The smallest absolute Gasteiger partial charge is 0.306 e. The summed E-state index contributed by atoms with van der Waals surface area (Å²) in [6.07, 6.45) is 1.75. The van der Waals surface area contributed by atoms with E-state index in [4.69, 9.17) is 5.11 Å². The summed E-state index contributed by atoms with van der Waals surface area (Å²) in [4.78, 5) is 10.5. The second-order valence-electron chi connectivity index (χ2n) is 4.00. The molecule has 3 nitrogen and oxygen atoms in total. The largest absolute Gasteiger partial charge is 0.481 e. The number of carboxylic acids is 1. The SMILES string of the molecule is C/C=C(\CC)C(C)(C)[C@@H](O)CC(=O)O. The molecular weight excluding hydrogens is 180 g/mol. The van der Waals surface area contributed by atoms with E-state index in [0.717, 1.165) is 12.0 Å². The zero-order valence-corrected chi connectivity index (χ0v) is 9.37. The van der Waals surface area contributed by atoms with E-state index in [0.29, 0.717) is 0 Å². The molecule has 0 spiro atoms. The quantitative estimate of drug-likeness (QED) is 0.669. The molecule has 0 aliphatic carbocycles. The fraction of sp³-hybridized carbons (Fsp3) is 0.727. The summed E-state index contributed by atoms with van der Waals surface area (Å²) in [5.74, 6) is -0.961. The summed E-state index contributed by atoms with van der Waals surface area (Å²) in [5, 5.41) is 18.4. The predicted molar refractivity (Wildman–Crippen MR) is 56.1 cm³/mol. The van der Waals surface area contributed by atoms with Gasteiger partial charge in [0.1, 0.15) is 0 Å². The van der Waals surface area contributed by atoms with Crippen LogP contribution in [0.5, 0.6) is 0 Å². The number of aliphatic hydroxyl groups is 1. The second kappa shape index (κ2) is 5.15. The summed E-state index contributed by atoms with van der Waals surface area (Å²) in [6, 6.07) is 0. The third-order valence-corrected chi connectivity index (χ3v) is 2.76. The molecule has 0 heterocycles. The molecule has 0 bridgehead atoms. The molecule has 0 aliphatic heterocycles. The number of carboxylic acid groups (broad SMARTS) is 1. The van der Waals surface area contributed by atoms with Gasteiger partial charge in [-0.3, -0.25) is 4.79 Å². The van der Waals surface area contributed by atoms with E-state index in [1.54, 1.807) is 0 Å². The first-order valence-corrected chi connectivity index (χ1v) is 4.91. The minimum absolute atomic E-state index is 0.204. The lowest BCUT2D eigenvalue weighted by atomic mass is 9.76. The fourth-order valence-electron chi connectivity index (χ4n) is 1.67. The zero-order chi connectivity index (χ0) is 11.4. The van der Waals surface area contributed by atoms with E-state index in [-0.39, 0.29) is 6.42 Å². The van der Waals surface area contributed by atoms with Crippen molar-refractivity contribution in [3.63, 3.8) is 0 Å². The van der Waals surface area contributed by atoms with Crippen LogP contribution in [0.25, 0.3) is 0 Å². The minimum atomic E-state index is -0.961. The van der Waals surface area contributed by atoms with Crippen LogP contribution in [0.15, 0.2) is 11.6 Å². The third-order valence-electron chi connectivity index (χ3n) is 2.76. The summed E-state index contributed by atoms with van der Waals surface area (Å²) in [6.45, 7) is 7.66. The van der Waals surface area contributed by atoms with E-state index < -0.39 is 17.5 Å². The molecule has 0 aromatic carbocycles. The van der Waals surface area contributed by atoms with Crippen molar-refractivity contribution >= 4 is 5.97 Å². The van der Waals surface area contributed by atoms with Crippen molar-refractivity contribution in [1.82, 2.24) is 0 Å². The van der Waals surface area contributed by atoms with Crippen molar-refractivity contribution in [3.05, 3.63) is 11.6 Å². The maximum Gasteiger partial charge on any atom is 0.306 e. The van der Waals surface area contributed by atoms with Gasteiger partial charge in [0, 0.05) is 5.41 Å². The lowest BCUT2D eigenvalue weighted by Crippen LogP contribution is -2.33. The normalized spacial score (nSPS) is 15.4. The Morgan fingerprint density at radius 2 is 2.00 bits per heavy atom. The van der Waals surface area contributed by atoms with Gasteiger partial charge in [-0.25, -0.2) is 0 Å². The van der Waals surface area contributed by atoms with Crippen molar-refractivity contribution in [2.24, 2.45) is 5.41 Å². The van der Waals surface area contributed by atoms with Gasteiger partial charge in [0.05, 0.1) is 12.5 Å². The van der Waals surface area contributed by atoms with Crippen LogP contribution < -0.4 is 0 Å². The number of aliphatic hydroxyl groups excluding tert-OH is 1. The van der Waals surface area contributed by atoms with Crippen LogP contribution in [0.2, 0.25) is 0 Å². The van der Waals surface area contributed by atoms with Crippen LogP contribution in [0.3, 0.4) is 0 Å². The highest BCUT2D eigenvalue weighted by atomic mass is 16.4. The maximum atomic E-state index is 10.5. The van der Waals surface area contributed by atoms with Gasteiger partial charge in [-0.15, -0.1) is 0 Å². The summed E-state index contributed by atoms with van der Waals surface area (Å²) >= 11 is 0. The molecule has 1 atom stereocenters. The van der Waals surface area contributed by atoms with Crippen molar-refractivity contribution < 1.29 is 15.0 Å². The Kier molecular flexibility index (Phi) is 4.85. The lowest BCUT2D eigenvalue weighted by Gasteiger charge is -2.32. The van der Waals surface area contributed by atoms with Crippen LogP contribution in [0.4, 0.5) is 0 Å². The third kappa shape index (κ3) is 3.14. The molecule has 3 heteroatoms. The molecule has 0 unspecified atom stereocenters. The van der Waals surface area contributed by atoms with Gasteiger partial charge in [-0.2, -0.15) is 0 Å². The minimum Gasteiger partial charge on any atom is -0.481 e. The molecule has 2 N–H and O–H groups in total. The molecule has 0 rings (SSSR count). The lowest BCUT2D eigenvalue weighted by molar-refractivity contribution is -0.140. The summed E-state index contributed by atoms with van der Waals surface area (Å²) < 4.78 is 0. The average Bonchev–Trinajstić information content (AvgIpc) is 2.04. The average molecular weight is 200 g/mol. The topological polar surface area (TPSA) is 57.5 Å². The molecule has 0 aliphatic rings. The molecule has 0 amide bonds. The van der Waals surface area contributed by atoms with Crippen LogP contribution in [-0.2, 0) is 4.79 Å². The molecule has 14 heavy (non-hydrogen) atoms. The molecule has 0 fully saturated rings. The van der Waals surface area contributed by atoms with Crippen molar-refractivity contribution in [3.8, 4) is 0 Å². The number of carbonyl (C=O) groups is 1. The van der Waals surface area contributed by atoms with E-state index in [2.05, 4.69) is 0 Å². The van der Waals surface area contributed by atoms with E-state index in [9.17, 15) is 9.90 Å². The Hall–Kier alpha value is -0.830. The zero-order valence-electron chi connectivity index (χ0n) is 9.37. The Balaban J connectivity index is 4.66. The highest BCUT2D eigenvalue weighted by Gasteiger charge is 2.31. The van der Waals surface area contributed by atoms with Crippen molar-refractivity contribution in [1.29, 1.82) is 0 Å². The number of hydrogen-bond donors (Lipinski definition) is 2. The van der Waals surface area contributed by atoms with Gasteiger partial charge in [0.15, 0.2) is 0 Å². The van der Waals surface area contributed by atoms with Gasteiger partial charge in [-0.1, -0.05) is 32.4 Å². The maximum absolute atomic E-state index is 10.5. The van der Waals surface area contributed by atoms with Crippen molar-refractivity contribution in [2.75, 3.05) is 0 Å². The van der Waals surface area contributed by atoms with Crippen LogP contribution >= 0.6 is 0 Å². The van der Waals surface area contributed by atoms with Crippen LogP contribution in [-0.4, -0.2) is 22.3 Å². The summed E-state index contributed by atoms with van der Waals surface area (Å²) in [7, 11) is 0. The number of rotatable bonds is 5. The molecule has 0 radical (unpaired) electrons. The molecule has 0 aromatic heterocycles. The second-order valence-corrected chi connectivity index (χ2v) is 4.00. The first-order valence-electron chi connectivity index (χ1n) is 4.91. The Morgan fingerprint density at radius 3 is 2.29 bits per heavy atom. The first kappa shape index (κ1) is 13.2. The van der Waals surface area contributed by atoms with E-state index in [1.807, 2.05) is 33.8 Å². The van der Waals surface area contributed by atoms with Gasteiger partial charge in [0.25, 0.3) is 0 Å². The predicted octanol–water partition coefficient (Wildman–Crippen LogP) is 2.20. The Labute approximate surface area is 85.4 Å². The van der Waals surface area contributed by atoms with Crippen LogP contribution in [0, 0.1) is 5.41 Å². The Bertz CT molecular complexity index is 229. The number of allylic oxidation sites excluding steroid dienone is 1. The fourth-order valence-corrected chi connectivity index (χ4v) is 1.67. The van der Waals surface area contributed by atoms with Gasteiger partial charge < -0.3 is 10.2 Å². The van der Waals surface area contributed by atoms with Gasteiger partial charge in [-0.05, 0) is 13.3 Å². The Morgan fingerprint density at radius 1 is 1.50 bits per heavy atom. The van der Waals surface area contributed by atoms with Crippen molar-refractivity contribution in [2.45, 2.75) is 46.6 Å². The first-order chi connectivity index (χ1) is 6.36. The van der Waals surface area contributed by atoms with Gasteiger partial charge in [0.2, 0.25) is 0 Å². The highest BCUT2D eigenvalue weighted by Crippen LogP contribution is 2.33. The number of aliphatic carboxylic acids is 1. The van der Waals surface area contributed by atoms with E-state index >= 15 is 0 Å². The molecule has 0 saturated heterocycles. The van der Waals surface area contributed by atoms with E-state index in [1.165, 1.54) is 0 Å². The molecular formula is C11H20O3. The van der Waals surface area contributed by atoms with Gasteiger partial charge >= 0.3 is 5.97 Å².